The third-order valence-electron chi connectivity index (χ3n) is 3.98. The Morgan fingerprint density at radius 2 is 1.62 bits per heavy atom. The van der Waals surface area contributed by atoms with Crippen LogP contribution in [0.15, 0.2) is 78.9 Å². The van der Waals surface area contributed by atoms with Crippen molar-refractivity contribution < 1.29 is 19.1 Å². The lowest BCUT2D eigenvalue weighted by Gasteiger charge is -2.14. The van der Waals surface area contributed by atoms with Crippen molar-refractivity contribution in [1.29, 1.82) is 5.26 Å². The Morgan fingerprint density at radius 3 is 2.31 bits per heavy atom. The van der Waals surface area contributed by atoms with Crippen molar-refractivity contribution in [2.45, 2.75) is 13.0 Å². The number of anilines is 1. The first-order chi connectivity index (χ1) is 14.0. The third-order valence-corrected chi connectivity index (χ3v) is 3.98. The fourth-order valence-electron chi connectivity index (χ4n) is 2.47. The Morgan fingerprint density at radius 1 is 0.931 bits per heavy atom. The second-order valence-corrected chi connectivity index (χ2v) is 6.17. The summed E-state index contributed by atoms with van der Waals surface area (Å²) in [7, 11) is 0. The van der Waals surface area contributed by atoms with Gasteiger partial charge >= 0.3 is 5.97 Å². The number of amides is 1. The molecule has 3 aromatic rings. The van der Waals surface area contributed by atoms with Gasteiger partial charge in [0.25, 0.3) is 5.91 Å². The topological polar surface area (TPSA) is 88.4 Å². The molecule has 0 heterocycles. The van der Waals surface area contributed by atoms with Gasteiger partial charge in [-0.3, -0.25) is 4.79 Å². The molecule has 0 aliphatic carbocycles. The SMILES string of the molecule is C[C@@H](OC(=O)c1cccc(Oc2ccccc2)c1)C(=O)Nc1ccc(C#N)cc1. The number of nitrogens with zero attached hydrogens (tertiary/aromatic N) is 1. The molecule has 3 rings (SSSR count). The minimum Gasteiger partial charge on any atom is -0.457 e. The van der Waals surface area contributed by atoms with Gasteiger partial charge < -0.3 is 14.8 Å². The first-order valence-electron chi connectivity index (χ1n) is 8.90. The van der Waals surface area contributed by atoms with Gasteiger partial charge in [0.05, 0.1) is 17.2 Å². The highest BCUT2D eigenvalue weighted by molar-refractivity contribution is 5.97. The number of nitriles is 1. The van der Waals surface area contributed by atoms with E-state index in [1.165, 1.54) is 6.92 Å². The zero-order valence-electron chi connectivity index (χ0n) is 15.7. The van der Waals surface area contributed by atoms with E-state index in [-0.39, 0.29) is 5.56 Å². The van der Waals surface area contributed by atoms with Gasteiger partial charge in [0, 0.05) is 5.69 Å². The number of ether oxygens (including phenoxy) is 2. The van der Waals surface area contributed by atoms with Crippen LogP contribution in [0.5, 0.6) is 11.5 Å². The third kappa shape index (κ3) is 5.44. The van der Waals surface area contributed by atoms with Gasteiger partial charge in [0.15, 0.2) is 6.10 Å². The Balaban J connectivity index is 1.60. The van der Waals surface area contributed by atoms with Crippen LogP contribution in [-0.4, -0.2) is 18.0 Å². The quantitative estimate of drug-likeness (QED) is 0.629. The molecule has 0 bridgehead atoms. The molecule has 0 aliphatic rings. The summed E-state index contributed by atoms with van der Waals surface area (Å²) in [6.45, 7) is 1.49. The van der Waals surface area contributed by atoms with E-state index in [0.29, 0.717) is 22.7 Å². The molecule has 0 saturated carbocycles. The molecule has 0 spiro atoms. The van der Waals surface area contributed by atoms with Crippen LogP contribution in [0.3, 0.4) is 0 Å². The van der Waals surface area contributed by atoms with Crippen molar-refractivity contribution in [3.63, 3.8) is 0 Å². The first kappa shape index (κ1) is 19.6. The molecule has 0 unspecified atom stereocenters. The molecule has 0 radical (unpaired) electrons. The number of rotatable bonds is 6. The van der Waals surface area contributed by atoms with Crippen LogP contribution in [0.2, 0.25) is 0 Å². The number of esters is 1. The molecule has 6 heteroatoms. The largest absolute Gasteiger partial charge is 0.457 e. The molecule has 1 N–H and O–H groups in total. The second-order valence-electron chi connectivity index (χ2n) is 6.17. The van der Waals surface area contributed by atoms with Crippen molar-refractivity contribution in [2.24, 2.45) is 0 Å². The summed E-state index contributed by atoms with van der Waals surface area (Å²) >= 11 is 0. The molecule has 1 amide bonds. The number of carbonyl (C=O) groups excluding carboxylic acids is 2. The van der Waals surface area contributed by atoms with Crippen LogP contribution in [0.25, 0.3) is 0 Å². The van der Waals surface area contributed by atoms with Crippen LogP contribution in [0.4, 0.5) is 5.69 Å². The smallest absolute Gasteiger partial charge is 0.339 e. The first-order valence-corrected chi connectivity index (χ1v) is 8.90. The van der Waals surface area contributed by atoms with Gasteiger partial charge in [-0.1, -0.05) is 24.3 Å². The van der Waals surface area contributed by atoms with Crippen molar-refractivity contribution in [1.82, 2.24) is 0 Å². The summed E-state index contributed by atoms with van der Waals surface area (Å²) in [5, 5.41) is 11.4. The molecule has 0 aromatic heterocycles. The van der Waals surface area contributed by atoms with Crippen LogP contribution in [0.1, 0.15) is 22.8 Å². The van der Waals surface area contributed by atoms with E-state index >= 15 is 0 Å². The highest BCUT2D eigenvalue weighted by atomic mass is 16.5. The summed E-state index contributed by atoms with van der Waals surface area (Å²) in [4.78, 5) is 24.7. The highest BCUT2D eigenvalue weighted by Crippen LogP contribution is 2.22. The number of nitrogens with one attached hydrogen (secondary N) is 1. The molecule has 0 fully saturated rings. The molecule has 1 atom stereocenters. The number of carbonyl (C=O) groups is 2. The minimum absolute atomic E-state index is 0.274. The van der Waals surface area contributed by atoms with Crippen molar-refractivity contribution in [3.05, 3.63) is 90.0 Å². The number of hydrogen-bond donors (Lipinski definition) is 1. The van der Waals surface area contributed by atoms with E-state index in [0.717, 1.165) is 0 Å². The number of benzene rings is 3. The molecule has 144 valence electrons. The number of para-hydroxylation sites is 1. The summed E-state index contributed by atoms with van der Waals surface area (Å²) in [6.07, 6.45) is -1.00. The summed E-state index contributed by atoms with van der Waals surface area (Å²) in [6, 6.07) is 24.1. The fourth-order valence-corrected chi connectivity index (χ4v) is 2.47. The van der Waals surface area contributed by atoms with E-state index in [4.69, 9.17) is 14.7 Å². The Bertz CT molecular complexity index is 1040. The Hall–Kier alpha value is -4.11. The summed E-state index contributed by atoms with van der Waals surface area (Å²) < 4.78 is 11.0. The maximum atomic E-state index is 12.4. The van der Waals surface area contributed by atoms with Gasteiger partial charge in [-0.25, -0.2) is 4.79 Å². The molecule has 6 nitrogen and oxygen atoms in total. The normalized spacial score (nSPS) is 11.0. The van der Waals surface area contributed by atoms with Crippen molar-refractivity contribution in [3.8, 4) is 17.6 Å². The Kier molecular flexibility index (Phi) is 6.23. The fraction of sp³-hybridized carbons (Fsp3) is 0.0870. The van der Waals surface area contributed by atoms with Gasteiger partial charge in [0.1, 0.15) is 11.5 Å². The molecule has 0 saturated heterocycles. The standard InChI is InChI=1S/C23H18N2O4/c1-16(22(26)25-19-12-10-17(15-24)11-13-19)28-23(27)18-6-5-9-21(14-18)29-20-7-3-2-4-8-20/h2-14,16H,1H3,(H,25,26)/t16-/m1/s1. The number of hydrogen-bond acceptors (Lipinski definition) is 5. The van der Waals surface area contributed by atoms with Crippen LogP contribution >= 0.6 is 0 Å². The van der Waals surface area contributed by atoms with Gasteiger partial charge in [-0.2, -0.15) is 5.26 Å². The average Bonchev–Trinajstić information content (AvgIpc) is 2.75. The zero-order valence-corrected chi connectivity index (χ0v) is 15.7. The van der Waals surface area contributed by atoms with Crippen molar-refractivity contribution >= 4 is 17.6 Å². The zero-order chi connectivity index (χ0) is 20.6. The lowest BCUT2D eigenvalue weighted by atomic mass is 10.2. The van der Waals surface area contributed by atoms with Gasteiger partial charge in [-0.15, -0.1) is 0 Å². The van der Waals surface area contributed by atoms with Crippen molar-refractivity contribution in [2.75, 3.05) is 5.32 Å². The molecular weight excluding hydrogens is 368 g/mol. The Labute approximate surface area is 168 Å². The summed E-state index contributed by atoms with van der Waals surface area (Å²) in [5.41, 5.74) is 1.27. The molecule has 0 aliphatic heterocycles. The molecule has 29 heavy (non-hydrogen) atoms. The minimum atomic E-state index is -1.00. The van der Waals surface area contributed by atoms with Crippen LogP contribution in [0, 0.1) is 11.3 Å². The second kappa shape index (κ2) is 9.20. The van der Waals surface area contributed by atoms with E-state index in [1.54, 1.807) is 60.7 Å². The van der Waals surface area contributed by atoms with E-state index in [1.807, 2.05) is 24.3 Å². The molecular formula is C23H18N2O4. The monoisotopic (exact) mass is 386 g/mol. The maximum Gasteiger partial charge on any atom is 0.339 e. The van der Waals surface area contributed by atoms with Crippen LogP contribution < -0.4 is 10.1 Å². The summed E-state index contributed by atoms with van der Waals surface area (Å²) in [5.74, 6) is 0.0271. The predicted molar refractivity (Wildman–Crippen MR) is 108 cm³/mol. The average molecular weight is 386 g/mol. The lowest BCUT2D eigenvalue weighted by molar-refractivity contribution is -0.123. The molecule has 3 aromatic carbocycles. The maximum absolute atomic E-state index is 12.4. The lowest BCUT2D eigenvalue weighted by Crippen LogP contribution is -2.30. The predicted octanol–water partition coefficient (Wildman–Crippen LogP) is 4.53. The van der Waals surface area contributed by atoms with Gasteiger partial charge in [0.2, 0.25) is 0 Å². The van der Waals surface area contributed by atoms with E-state index in [9.17, 15) is 9.59 Å². The van der Waals surface area contributed by atoms with Crippen LogP contribution in [-0.2, 0) is 9.53 Å². The van der Waals surface area contributed by atoms with E-state index < -0.39 is 18.0 Å². The van der Waals surface area contributed by atoms with E-state index in [2.05, 4.69) is 5.32 Å². The van der Waals surface area contributed by atoms with Gasteiger partial charge in [-0.05, 0) is 61.5 Å². The highest BCUT2D eigenvalue weighted by Gasteiger charge is 2.19.